The van der Waals surface area contributed by atoms with Gasteiger partial charge in [0.2, 0.25) is 15.9 Å². The van der Waals surface area contributed by atoms with E-state index in [1.165, 1.54) is 4.90 Å². The molecule has 0 aliphatic carbocycles. The Bertz CT molecular complexity index is 780. The number of halogens is 1. The summed E-state index contributed by atoms with van der Waals surface area (Å²) in [6.45, 7) is 5.82. The van der Waals surface area contributed by atoms with Gasteiger partial charge in [0, 0.05) is 36.7 Å². The molecule has 1 rings (SSSR count). The maximum Gasteiger partial charge on any atom is 0.410 e. The van der Waals surface area contributed by atoms with E-state index in [4.69, 9.17) is 4.74 Å². The molecule has 2 amide bonds. The molecule has 0 unspecified atom stereocenters. The van der Waals surface area contributed by atoms with Gasteiger partial charge in [0.05, 0.1) is 6.26 Å². The van der Waals surface area contributed by atoms with Crippen molar-refractivity contribution < 1.29 is 22.7 Å². The summed E-state index contributed by atoms with van der Waals surface area (Å²) < 4.78 is 30.8. The zero-order valence-corrected chi connectivity index (χ0v) is 18.9. The molecule has 9 nitrogen and oxygen atoms in total. The van der Waals surface area contributed by atoms with Gasteiger partial charge in [-0.3, -0.25) is 4.79 Å². The van der Waals surface area contributed by atoms with Crippen LogP contribution in [0.15, 0.2) is 22.8 Å². The van der Waals surface area contributed by atoms with Crippen LogP contribution in [0.3, 0.4) is 0 Å². The number of anilines is 1. The Morgan fingerprint density at radius 1 is 1.29 bits per heavy atom. The van der Waals surface area contributed by atoms with Gasteiger partial charge in [-0.05, 0) is 39.3 Å². The number of carbonyl (C=O) groups excluding carboxylic acids is 2. The lowest BCUT2D eigenvalue weighted by Gasteiger charge is -2.27. The van der Waals surface area contributed by atoms with Crippen molar-refractivity contribution in [2.45, 2.75) is 39.2 Å². The molecular formula is C17H27BrN4O5S. The van der Waals surface area contributed by atoms with Crippen LogP contribution in [0.2, 0.25) is 0 Å². The summed E-state index contributed by atoms with van der Waals surface area (Å²) in [6.07, 6.45) is 2.51. The zero-order valence-electron chi connectivity index (χ0n) is 16.5. The van der Waals surface area contributed by atoms with E-state index >= 15 is 0 Å². The van der Waals surface area contributed by atoms with Crippen molar-refractivity contribution in [1.82, 2.24) is 14.6 Å². The first-order valence-electron chi connectivity index (χ1n) is 8.70. The number of hydrogen-bond acceptors (Lipinski definition) is 6. The molecule has 28 heavy (non-hydrogen) atoms. The van der Waals surface area contributed by atoms with Crippen LogP contribution in [0.25, 0.3) is 0 Å². The number of carbonyl (C=O) groups is 2. The van der Waals surface area contributed by atoms with Gasteiger partial charge in [-0.15, -0.1) is 0 Å². The standard InChI is InChI=1S/C17H27BrN4O5S/c1-17(2,3)27-16(24)22(10-5-8-20-28(4,25)26)11-7-15(23)21-14-12-13(18)6-9-19-14/h6,9,12,20H,5,7-8,10-11H2,1-4H3,(H,19,21,23). The highest BCUT2D eigenvalue weighted by molar-refractivity contribution is 9.10. The number of pyridine rings is 1. The monoisotopic (exact) mass is 478 g/mol. The topological polar surface area (TPSA) is 118 Å². The van der Waals surface area contributed by atoms with Gasteiger partial charge in [0.1, 0.15) is 11.4 Å². The summed E-state index contributed by atoms with van der Waals surface area (Å²) in [7, 11) is -3.29. The number of nitrogens with one attached hydrogen (secondary N) is 2. The lowest BCUT2D eigenvalue weighted by atomic mass is 10.2. The van der Waals surface area contributed by atoms with Gasteiger partial charge in [-0.1, -0.05) is 15.9 Å². The molecule has 158 valence electrons. The third-order valence-corrected chi connectivity index (χ3v) is 4.44. The van der Waals surface area contributed by atoms with E-state index in [1.807, 2.05) is 0 Å². The van der Waals surface area contributed by atoms with Gasteiger partial charge in [0.15, 0.2) is 0 Å². The molecule has 1 aromatic rings. The van der Waals surface area contributed by atoms with Crippen LogP contribution in [0.5, 0.6) is 0 Å². The molecule has 0 atom stereocenters. The first kappa shape index (κ1) is 24.3. The van der Waals surface area contributed by atoms with E-state index in [1.54, 1.807) is 39.1 Å². The first-order valence-corrected chi connectivity index (χ1v) is 11.4. The summed E-state index contributed by atoms with van der Waals surface area (Å²) in [6, 6.07) is 3.41. The maximum absolute atomic E-state index is 12.4. The SMILES string of the molecule is CC(C)(C)OC(=O)N(CCCNS(C)(=O)=O)CCC(=O)Nc1cc(Br)ccn1. The summed E-state index contributed by atoms with van der Waals surface area (Å²) >= 11 is 3.30. The van der Waals surface area contributed by atoms with Crippen LogP contribution in [-0.2, 0) is 19.6 Å². The van der Waals surface area contributed by atoms with E-state index in [2.05, 4.69) is 31.0 Å². The second kappa shape index (κ2) is 10.7. The number of sulfonamides is 1. The summed E-state index contributed by atoms with van der Waals surface area (Å²) in [5.74, 6) is 0.106. The Balaban J connectivity index is 2.62. The minimum absolute atomic E-state index is 0.0486. The predicted molar refractivity (Wildman–Crippen MR) is 110 cm³/mol. The second-order valence-corrected chi connectivity index (χ2v) is 9.89. The molecule has 0 saturated carbocycles. The Labute approximate surface area is 174 Å². The van der Waals surface area contributed by atoms with Crippen LogP contribution in [-0.4, -0.2) is 61.8 Å². The van der Waals surface area contributed by atoms with Gasteiger partial charge < -0.3 is 15.0 Å². The average Bonchev–Trinajstić information content (AvgIpc) is 2.51. The minimum atomic E-state index is -3.29. The lowest BCUT2D eigenvalue weighted by molar-refractivity contribution is -0.116. The highest BCUT2D eigenvalue weighted by atomic mass is 79.9. The number of nitrogens with zero attached hydrogens (tertiary/aromatic N) is 2. The van der Waals surface area contributed by atoms with Crippen molar-refractivity contribution in [2.24, 2.45) is 0 Å². The molecule has 0 aromatic carbocycles. The maximum atomic E-state index is 12.4. The molecule has 0 spiro atoms. The fourth-order valence-electron chi connectivity index (χ4n) is 2.06. The van der Waals surface area contributed by atoms with E-state index < -0.39 is 21.7 Å². The lowest BCUT2D eigenvalue weighted by Crippen LogP contribution is -2.40. The first-order chi connectivity index (χ1) is 12.9. The highest BCUT2D eigenvalue weighted by Gasteiger charge is 2.22. The third-order valence-electron chi connectivity index (χ3n) is 3.22. The molecule has 0 bridgehead atoms. The van der Waals surface area contributed by atoms with E-state index in [0.717, 1.165) is 10.7 Å². The fraction of sp³-hybridized carbons (Fsp3) is 0.588. The van der Waals surface area contributed by atoms with Crippen molar-refractivity contribution in [2.75, 3.05) is 31.2 Å². The fourth-order valence-corrected chi connectivity index (χ4v) is 2.91. The zero-order chi connectivity index (χ0) is 21.4. The number of ether oxygens (including phenoxy) is 1. The van der Waals surface area contributed by atoms with Crippen molar-refractivity contribution in [3.8, 4) is 0 Å². The van der Waals surface area contributed by atoms with Crippen molar-refractivity contribution in [3.63, 3.8) is 0 Å². The van der Waals surface area contributed by atoms with Gasteiger partial charge in [-0.2, -0.15) is 0 Å². The molecule has 11 heteroatoms. The number of amides is 2. The Morgan fingerprint density at radius 3 is 2.54 bits per heavy atom. The highest BCUT2D eigenvalue weighted by Crippen LogP contribution is 2.13. The summed E-state index contributed by atoms with van der Waals surface area (Å²) in [5.41, 5.74) is -0.678. The molecule has 1 heterocycles. The molecule has 0 fully saturated rings. The number of aromatic nitrogens is 1. The van der Waals surface area contributed by atoms with Crippen molar-refractivity contribution in [1.29, 1.82) is 0 Å². The Kier molecular flexibility index (Phi) is 9.31. The molecule has 2 N–H and O–H groups in total. The third kappa shape index (κ3) is 11.2. The average molecular weight is 479 g/mol. The van der Waals surface area contributed by atoms with Gasteiger partial charge in [-0.25, -0.2) is 22.9 Å². The van der Waals surface area contributed by atoms with E-state index in [0.29, 0.717) is 12.2 Å². The van der Waals surface area contributed by atoms with Crippen molar-refractivity contribution >= 4 is 43.8 Å². The minimum Gasteiger partial charge on any atom is -0.444 e. The van der Waals surface area contributed by atoms with Gasteiger partial charge >= 0.3 is 6.09 Å². The molecule has 0 aliphatic heterocycles. The predicted octanol–water partition coefficient (Wildman–Crippen LogP) is 2.35. The van der Waals surface area contributed by atoms with E-state index in [9.17, 15) is 18.0 Å². The van der Waals surface area contributed by atoms with Crippen molar-refractivity contribution in [3.05, 3.63) is 22.8 Å². The van der Waals surface area contributed by atoms with Crippen LogP contribution < -0.4 is 10.0 Å². The largest absolute Gasteiger partial charge is 0.444 e. The van der Waals surface area contributed by atoms with Crippen LogP contribution in [0.1, 0.15) is 33.6 Å². The second-order valence-electron chi connectivity index (χ2n) is 7.14. The van der Waals surface area contributed by atoms with Crippen LogP contribution in [0.4, 0.5) is 10.6 Å². The van der Waals surface area contributed by atoms with E-state index in [-0.39, 0.29) is 32.0 Å². The molecule has 0 radical (unpaired) electrons. The number of rotatable bonds is 9. The molecule has 1 aromatic heterocycles. The summed E-state index contributed by atoms with van der Waals surface area (Å²) in [4.78, 5) is 30.0. The molecular weight excluding hydrogens is 452 g/mol. The smallest absolute Gasteiger partial charge is 0.410 e. The quantitative estimate of drug-likeness (QED) is 0.525. The van der Waals surface area contributed by atoms with Crippen LogP contribution in [0, 0.1) is 0 Å². The van der Waals surface area contributed by atoms with Crippen LogP contribution >= 0.6 is 15.9 Å². The molecule has 0 saturated heterocycles. The molecule has 0 aliphatic rings. The normalized spacial score (nSPS) is 11.8. The van der Waals surface area contributed by atoms with Gasteiger partial charge in [0.25, 0.3) is 0 Å². The summed E-state index contributed by atoms with van der Waals surface area (Å²) in [5, 5.41) is 2.66. The number of hydrogen-bond donors (Lipinski definition) is 2. The Hall–Kier alpha value is -1.72. The Morgan fingerprint density at radius 2 is 1.96 bits per heavy atom.